The molecule has 0 spiro atoms. The largest absolute Gasteiger partial charge is 0.352 e. The molecule has 0 unspecified atom stereocenters. The van der Waals surface area contributed by atoms with E-state index >= 15 is 0 Å². The molecule has 2 aromatic rings. The molecule has 1 fully saturated rings. The fourth-order valence-corrected chi connectivity index (χ4v) is 1.87. The number of aryl methyl sites for hydroxylation is 1. The van der Waals surface area contributed by atoms with Crippen molar-refractivity contribution in [3.05, 3.63) is 71.6 Å². The summed E-state index contributed by atoms with van der Waals surface area (Å²) in [4.78, 5) is 15.2. The molecule has 0 saturated carbocycles. The number of hydrogen-bond acceptors (Lipinski definition) is 2. The van der Waals surface area contributed by atoms with Crippen molar-refractivity contribution in [1.29, 1.82) is 0 Å². The van der Waals surface area contributed by atoms with Crippen LogP contribution in [0.25, 0.3) is 6.08 Å². The zero-order valence-electron chi connectivity index (χ0n) is 11.5. The van der Waals surface area contributed by atoms with E-state index in [1.54, 1.807) is 12.4 Å². The fourth-order valence-electron chi connectivity index (χ4n) is 1.87. The highest BCUT2D eigenvalue weighted by Gasteiger charge is 2.15. The molecule has 3 heteroatoms. The zero-order valence-corrected chi connectivity index (χ0v) is 11.5. The minimum atomic E-state index is 0.0452. The third kappa shape index (κ3) is 4.35. The van der Waals surface area contributed by atoms with E-state index in [9.17, 15) is 4.79 Å². The number of amides is 1. The molecule has 20 heavy (non-hydrogen) atoms. The lowest BCUT2D eigenvalue weighted by molar-refractivity contribution is -0.116. The van der Waals surface area contributed by atoms with Gasteiger partial charge in [-0.1, -0.05) is 42.0 Å². The Kier molecular flexibility index (Phi) is 5.07. The summed E-state index contributed by atoms with van der Waals surface area (Å²) in [6.07, 6.45) is 6.17. The summed E-state index contributed by atoms with van der Waals surface area (Å²) in [6, 6.07) is 14.1. The van der Waals surface area contributed by atoms with Crippen LogP contribution in [0.2, 0.25) is 0 Å². The Bertz CT molecular complexity index is 576. The van der Waals surface area contributed by atoms with Crippen molar-refractivity contribution in [1.82, 2.24) is 10.3 Å². The average Bonchev–Trinajstić information content (AvgIpc) is 2.87. The van der Waals surface area contributed by atoms with Gasteiger partial charge in [0.2, 0.25) is 5.91 Å². The van der Waals surface area contributed by atoms with Crippen molar-refractivity contribution in [2.24, 2.45) is 0 Å². The number of carbonyl (C=O) groups is 1. The van der Waals surface area contributed by atoms with Crippen LogP contribution < -0.4 is 5.32 Å². The first kappa shape index (κ1) is 14.0. The Morgan fingerprint density at radius 2 is 1.95 bits per heavy atom. The maximum absolute atomic E-state index is 11.2. The molecule has 1 aromatic carbocycles. The van der Waals surface area contributed by atoms with Crippen LogP contribution in [0.1, 0.15) is 17.5 Å². The maximum Gasteiger partial charge on any atom is 0.247 e. The van der Waals surface area contributed by atoms with Gasteiger partial charge in [0.1, 0.15) is 0 Å². The summed E-state index contributed by atoms with van der Waals surface area (Å²) < 4.78 is 0. The quantitative estimate of drug-likeness (QED) is 0.806. The summed E-state index contributed by atoms with van der Waals surface area (Å²) >= 11 is 0. The molecule has 1 aromatic heterocycles. The average molecular weight is 266 g/mol. The molecular weight excluding hydrogens is 248 g/mol. The van der Waals surface area contributed by atoms with Crippen LogP contribution in [0.15, 0.2) is 60.4 Å². The SMILES string of the molecule is Cc1ccccc1.O=C1NCC/C1=C\c1cccnc1. The van der Waals surface area contributed by atoms with Gasteiger partial charge in [0, 0.05) is 24.5 Å². The molecule has 1 amide bonds. The lowest BCUT2D eigenvalue weighted by Gasteiger charge is -1.93. The topological polar surface area (TPSA) is 42.0 Å². The third-order valence-corrected chi connectivity index (χ3v) is 2.94. The molecule has 0 atom stereocenters. The lowest BCUT2D eigenvalue weighted by Crippen LogP contribution is -2.13. The van der Waals surface area contributed by atoms with Crippen LogP contribution in [-0.4, -0.2) is 17.4 Å². The van der Waals surface area contributed by atoms with Crippen molar-refractivity contribution in [3.8, 4) is 0 Å². The molecular formula is C17H18N2O. The van der Waals surface area contributed by atoms with E-state index in [0.717, 1.165) is 24.1 Å². The molecule has 3 rings (SSSR count). The van der Waals surface area contributed by atoms with Crippen LogP contribution in [0.5, 0.6) is 0 Å². The summed E-state index contributed by atoms with van der Waals surface area (Å²) in [6.45, 7) is 2.84. The second-order valence-electron chi connectivity index (χ2n) is 4.62. The third-order valence-electron chi connectivity index (χ3n) is 2.94. The highest BCUT2D eigenvalue weighted by atomic mass is 16.1. The minimum absolute atomic E-state index is 0.0452. The summed E-state index contributed by atoms with van der Waals surface area (Å²) in [5, 5.41) is 2.76. The first-order valence-corrected chi connectivity index (χ1v) is 6.66. The van der Waals surface area contributed by atoms with E-state index < -0.39 is 0 Å². The number of hydrogen-bond donors (Lipinski definition) is 1. The zero-order chi connectivity index (χ0) is 14.2. The molecule has 1 aliphatic heterocycles. The Hall–Kier alpha value is -2.42. The smallest absolute Gasteiger partial charge is 0.247 e. The number of rotatable bonds is 1. The van der Waals surface area contributed by atoms with E-state index in [1.165, 1.54) is 5.56 Å². The minimum Gasteiger partial charge on any atom is -0.352 e. The predicted molar refractivity (Wildman–Crippen MR) is 81.0 cm³/mol. The monoisotopic (exact) mass is 266 g/mol. The summed E-state index contributed by atoms with van der Waals surface area (Å²) in [5.41, 5.74) is 3.14. The van der Waals surface area contributed by atoms with Gasteiger partial charge in [0.25, 0.3) is 0 Å². The van der Waals surface area contributed by atoms with E-state index in [2.05, 4.69) is 29.4 Å². The van der Waals surface area contributed by atoms with Crippen molar-refractivity contribution in [2.45, 2.75) is 13.3 Å². The van der Waals surface area contributed by atoms with Gasteiger partial charge in [0.15, 0.2) is 0 Å². The second kappa shape index (κ2) is 7.24. The van der Waals surface area contributed by atoms with Crippen LogP contribution in [-0.2, 0) is 4.79 Å². The van der Waals surface area contributed by atoms with Gasteiger partial charge in [-0.05, 0) is 31.1 Å². The van der Waals surface area contributed by atoms with E-state index in [0.29, 0.717) is 0 Å². The van der Waals surface area contributed by atoms with Crippen LogP contribution in [0.3, 0.4) is 0 Å². The van der Waals surface area contributed by atoms with Gasteiger partial charge in [0.05, 0.1) is 0 Å². The molecule has 102 valence electrons. The van der Waals surface area contributed by atoms with Crippen LogP contribution in [0, 0.1) is 6.92 Å². The van der Waals surface area contributed by atoms with Gasteiger partial charge >= 0.3 is 0 Å². The van der Waals surface area contributed by atoms with Crippen molar-refractivity contribution in [2.75, 3.05) is 6.54 Å². The second-order valence-corrected chi connectivity index (χ2v) is 4.62. The molecule has 0 bridgehead atoms. The predicted octanol–water partition coefficient (Wildman–Crippen LogP) is 2.98. The molecule has 0 aliphatic carbocycles. The van der Waals surface area contributed by atoms with Crippen LogP contribution >= 0.6 is 0 Å². The number of aromatic nitrogens is 1. The molecule has 1 aliphatic rings. The van der Waals surface area contributed by atoms with Gasteiger partial charge in [-0.2, -0.15) is 0 Å². The van der Waals surface area contributed by atoms with E-state index in [-0.39, 0.29) is 5.91 Å². The maximum atomic E-state index is 11.2. The summed E-state index contributed by atoms with van der Waals surface area (Å²) in [7, 11) is 0. The first-order valence-electron chi connectivity index (χ1n) is 6.66. The number of nitrogens with zero attached hydrogens (tertiary/aromatic N) is 1. The Morgan fingerprint density at radius 3 is 2.45 bits per heavy atom. The number of benzene rings is 1. The highest BCUT2D eigenvalue weighted by molar-refractivity contribution is 5.99. The van der Waals surface area contributed by atoms with E-state index in [1.807, 2.05) is 36.4 Å². The van der Waals surface area contributed by atoms with E-state index in [4.69, 9.17) is 0 Å². The summed E-state index contributed by atoms with van der Waals surface area (Å²) in [5.74, 6) is 0.0452. The first-order chi connectivity index (χ1) is 9.75. The van der Waals surface area contributed by atoms with Gasteiger partial charge in [-0.3, -0.25) is 9.78 Å². The number of nitrogens with one attached hydrogen (secondary N) is 1. The van der Waals surface area contributed by atoms with Crippen molar-refractivity contribution < 1.29 is 4.79 Å². The van der Waals surface area contributed by atoms with Crippen molar-refractivity contribution in [3.63, 3.8) is 0 Å². The Labute approximate surface area is 119 Å². The lowest BCUT2D eigenvalue weighted by atomic mass is 10.1. The molecule has 0 radical (unpaired) electrons. The number of carbonyl (C=O) groups excluding carboxylic acids is 1. The van der Waals surface area contributed by atoms with Gasteiger partial charge < -0.3 is 5.32 Å². The van der Waals surface area contributed by atoms with Crippen molar-refractivity contribution >= 4 is 12.0 Å². The molecule has 3 nitrogen and oxygen atoms in total. The van der Waals surface area contributed by atoms with Gasteiger partial charge in [-0.25, -0.2) is 0 Å². The standard InChI is InChI=1S/C10H10N2O.C7H8/c13-10-9(3-5-12-10)6-8-2-1-4-11-7-8;1-7-5-3-2-4-6-7/h1-2,4,6-7H,3,5H2,(H,12,13);2-6H,1H3/b9-6+;. The fraction of sp³-hybridized carbons (Fsp3) is 0.176. The molecule has 1 saturated heterocycles. The molecule has 2 heterocycles. The van der Waals surface area contributed by atoms with Crippen LogP contribution in [0.4, 0.5) is 0 Å². The highest BCUT2D eigenvalue weighted by Crippen LogP contribution is 2.12. The Balaban J connectivity index is 0.000000178. The normalized spacial score (nSPS) is 15.4. The molecule has 1 N–H and O–H groups in total. The van der Waals surface area contributed by atoms with Gasteiger partial charge in [-0.15, -0.1) is 0 Å². The number of pyridine rings is 1. The Morgan fingerprint density at radius 1 is 1.15 bits per heavy atom.